The summed E-state index contributed by atoms with van der Waals surface area (Å²) in [6.45, 7) is 5.97. The molecule has 38 heavy (non-hydrogen) atoms. The van der Waals surface area contributed by atoms with Gasteiger partial charge in [-0.15, -0.1) is 11.3 Å². The van der Waals surface area contributed by atoms with Gasteiger partial charge in [0.2, 0.25) is 5.95 Å². The first-order valence-corrected chi connectivity index (χ1v) is 14.7. The van der Waals surface area contributed by atoms with Gasteiger partial charge >= 0.3 is 0 Å². The maximum Gasteiger partial charge on any atom is 0.225 e. The van der Waals surface area contributed by atoms with Crippen LogP contribution in [0.15, 0.2) is 12.3 Å². The molecule has 4 N–H and O–H groups in total. The van der Waals surface area contributed by atoms with E-state index in [0.29, 0.717) is 44.0 Å². The SMILES string of the molecule is Cc1nc(NCC2(O)CCOC2)nc(NC[C@H]2CC[C@@H](C3(O)CCCC3)C2)c1-c1nc2c(C)nccc2s1. The smallest absolute Gasteiger partial charge is 0.225 e. The first-order valence-electron chi connectivity index (χ1n) is 13.9. The van der Waals surface area contributed by atoms with Crippen molar-refractivity contribution in [2.24, 2.45) is 11.8 Å². The van der Waals surface area contributed by atoms with Crippen LogP contribution in [0.2, 0.25) is 0 Å². The number of ether oxygens (including phenoxy) is 1. The number of fused-ring (bicyclic) bond motifs is 1. The lowest BCUT2D eigenvalue weighted by atomic mass is 9.84. The van der Waals surface area contributed by atoms with Gasteiger partial charge in [-0.05, 0) is 63.9 Å². The molecule has 3 aromatic heterocycles. The van der Waals surface area contributed by atoms with Crippen molar-refractivity contribution in [3.63, 3.8) is 0 Å². The van der Waals surface area contributed by atoms with Crippen molar-refractivity contribution in [3.8, 4) is 10.6 Å². The Labute approximate surface area is 227 Å². The minimum absolute atomic E-state index is 0.316. The topological polar surface area (TPSA) is 125 Å². The number of aliphatic hydroxyl groups is 2. The minimum Gasteiger partial charge on any atom is -0.390 e. The third-order valence-electron chi connectivity index (χ3n) is 8.78. The average molecular weight is 539 g/mol. The molecular weight excluding hydrogens is 500 g/mol. The molecule has 3 atom stereocenters. The number of nitrogens with zero attached hydrogens (tertiary/aromatic N) is 4. The molecule has 1 aliphatic heterocycles. The third kappa shape index (κ3) is 5.11. The van der Waals surface area contributed by atoms with Crippen molar-refractivity contribution in [1.82, 2.24) is 19.9 Å². The fraction of sp³-hybridized carbons (Fsp3) is 0.643. The summed E-state index contributed by atoms with van der Waals surface area (Å²) >= 11 is 1.63. The van der Waals surface area contributed by atoms with E-state index in [0.717, 1.165) is 89.5 Å². The summed E-state index contributed by atoms with van der Waals surface area (Å²) in [6, 6.07) is 2.00. The maximum atomic E-state index is 11.1. The Morgan fingerprint density at radius 1 is 1.05 bits per heavy atom. The molecule has 1 unspecified atom stereocenters. The lowest BCUT2D eigenvalue weighted by Crippen LogP contribution is -2.37. The first kappa shape index (κ1) is 25.9. The zero-order valence-corrected chi connectivity index (χ0v) is 23.1. The van der Waals surface area contributed by atoms with Gasteiger partial charge in [0.15, 0.2) is 0 Å². The molecule has 9 nitrogen and oxygen atoms in total. The second-order valence-electron chi connectivity index (χ2n) is 11.6. The number of aromatic nitrogens is 4. The van der Waals surface area contributed by atoms with Crippen LogP contribution in [0.4, 0.5) is 11.8 Å². The van der Waals surface area contributed by atoms with Crippen LogP contribution >= 0.6 is 11.3 Å². The quantitative estimate of drug-likeness (QED) is 0.329. The normalized spacial score (nSPS) is 26.8. The molecule has 1 saturated heterocycles. The highest BCUT2D eigenvalue weighted by molar-refractivity contribution is 7.21. The summed E-state index contributed by atoms with van der Waals surface area (Å²) < 4.78 is 6.48. The summed E-state index contributed by atoms with van der Waals surface area (Å²) in [5.74, 6) is 2.12. The fourth-order valence-corrected chi connectivity index (χ4v) is 7.60. The molecule has 3 aromatic rings. The number of nitrogens with one attached hydrogen (secondary N) is 2. The molecule has 2 saturated carbocycles. The highest BCUT2D eigenvalue weighted by Crippen LogP contribution is 2.46. The van der Waals surface area contributed by atoms with Crippen molar-refractivity contribution in [2.75, 3.05) is 36.9 Å². The van der Waals surface area contributed by atoms with Crippen LogP contribution in [0.25, 0.3) is 20.8 Å². The van der Waals surface area contributed by atoms with Gasteiger partial charge in [0.25, 0.3) is 0 Å². The number of hydrogen-bond acceptors (Lipinski definition) is 10. The van der Waals surface area contributed by atoms with Gasteiger partial charge in [0, 0.05) is 32.3 Å². The van der Waals surface area contributed by atoms with E-state index in [1.54, 1.807) is 11.3 Å². The summed E-state index contributed by atoms with van der Waals surface area (Å²) in [5, 5.41) is 29.6. The molecule has 3 aliphatic rings. The fourth-order valence-electron chi connectivity index (χ4n) is 6.49. The van der Waals surface area contributed by atoms with Gasteiger partial charge in [-0.3, -0.25) is 4.98 Å². The molecule has 0 bridgehead atoms. The van der Waals surface area contributed by atoms with E-state index in [2.05, 4.69) is 15.6 Å². The molecular formula is C28H38N6O3S. The Hall–Kier alpha value is -2.40. The average Bonchev–Trinajstić information content (AvgIpc) is 3.69. The lowest BCUT2D eigenvalue weighted by molar-refractivity contribution is -0.0110. The minimum atomic E-state index is -0.902. The van der Waals surface area contributed by atoms with E-state index in [-0.39, 0.29) is 0 Å². The number of pyridine rings is 1. The lowest BCUT2D eigenvalue weighted by Gasteiger charge is -2.29. The van der Waals surface area contributed by atoms with Crippen LogP contribution in [0.3, 0.4) is 0 Å². The van der Waals surface area contributed by atoms with Gasteiger partial charge in [0.05, 0.1) is 33.9 Å². The molecule has 3 fully saturated rings. The molecule has 10 heteroatoms. The predicted octanol–water partition coefficient (Wildman–Crippen LogP) is 4.46. The molecule has 2 aliphatic carbocycles. The van der Waals surface area contributed by atoms with E-state index in [1.807, 2.05) is 26.1 Å². The molecule has 0 radical (unpaired) electrons. The Morgan fingerprint density at radius 2 is 1.89 bits per heavy atom. The summed E-state index contributed by atoms with van der Waals surface area (Å²) in [7, 11) is 0. The molecule has 0 amide bonds. The van der Waals surface area contributed by atoms with Gasteiger partial charge < -0.3 is 25.6 Å². The largest absolute Gasteiger partial charge is 0.390 e. The van der Waals surface area contributed by atoms with Crippen molar-refractivity contribution in [1.29, 1.82) is 0 Å². The summed E-state index contributed by atoms with van der Waals surface area (Å²) in [5.41, 5.74) is 2.19. The van der Waals surface area contributed by atoms with Crippen molar-refractivity contribution >= 4 is 33.3 Å². The van der Waals surface area contributed by atoms with Gasteiger partial charge in [-0.25, -0.2) is 9.97 Å². The Kier molecular flexibility index (Phi) is 7.00. The highest BCUT2D eigenvalue weighted by atomic mass is 32.1. The van der Waals surface area contributed by atoms with Crippen LogP contribution in [0.1, 0.15) is 62.8 Å². The molecule has 204 valence electrons. The van der Waals surface area contributed by atoms with Crippen molar-refractivity contribution < 1.29 is 14.9 Å². The second-order valence-corrected chi connectivity index (χ2v) is 12.6. The standard InChI is InChI=1S/C28H38N6O3S/c1-17-22(25-33-23-18(2)29-11-7-21(23)38-25)24(34-26(32-17)31-15-27(35)10-12-37-16-27)30-14-19-5-6-20(13-19)28(36)8-3-4-9-28/h7,11,19-20,35-36H,3-6,8-10,12-16H2,1-2H3,(H2,30,31,32,34)/t19-,20+,27?/m0/s1. The number of aryl methyl sites for hydroxylation is 2. The Morgan fingerprint density at radius 3 is 2.66 bits per heavy atom. The van der Waals surface area contributed by atoms with Crippen molar-refractivity contribution in [2.45, 2.75) is 76.4 Å². The summed E-state index contributed by atoms with van der Waals surface area (Å²) in [4.78, 5) is 19.0. The molecule has 0 spiro atoms. The van der Waals surface area contributed by atoms with E-state index in [1.165, 1.54) is 0 Å². The van der Waals surface area contributed by atoms with Crippen LogP contribution in [-0.4, -0.2) is 67.7 Å². The molecule has 6 rings (SSSR count). The van der Waals surface area contributed by atoms with E-state index >= 15 is 0 Å². The Balaban J connectivity index is 1.26. The molecule has 0 aromatic carbocycles. The van der Waals surface area contributed by atoms with Crippen LogP contribution in [0.5, 0.6) is 0 Å². The number of rotatable bonds is 8. The van der Waals surface area contributed by atoms with Crippen LogP contribution in [0, 0.1) is 25.7 Å². The zero-order chi connectivity index (χ0) is 26.3. The second kappa shape index (κ2) is 10.3. The maximum absolute atomic E-state index is 11.1. The van der Waals surface area contributed by atoms with Crippen molar-refractivity contribution in [3.05, 3.63) is 23.7 Å². The third-order valence-corrected chi connectivity index (χ3v) is 9.82. The van der Waals surface area contributed by atoms with Crippen LogP contribution < -0.4 is 10.6 Å². The van der Waals surface area contributed by atoms with Gasteiger partial charge in [0.1, 0.15) is 21.9 Å². The highest BCUT2D eigenvalue weighted by Gasteiger charge is 2.43. The van der Waals surface area contributed by atoms with Crippen LogP contribution in [-0.2, 0) is 4.74 Å². The number of thiazole rings is 1. The predicted molar refractivity (Wildman–Crippen MR) is 150 cm³/mol. The van der Waals surface area contributed by atoms with Gasteiger partial charge in [-0.2, -0.15) is 4.98 Å². The van der Waals surface area contributed by atoms with E-state index in [9.17, 15) is 10.2 Å². The monoisotopic (exact) mass is 538 g/mol. The number of hydrogen-bond donors (Lipinski definition) is 4. The molecule has 4 heterocycles. The Bertz CT molecular complexity index is 1300. The summed E-state index contributed by atoms with van der Waals surface area (Å²) in [6.07, 6.45) is 9.86. The number of anilines is 2. The van der Waals surface area contributed by atoms with E-state index < -0.39 is 11.2 Å². The zero-order valence-electron chi connectivity index (χ0n) is 22.3. The first-order chi connectivity index (χ1) is 18.3. The van der Waals surface area contributed by atoms with E-state index in [4.69, 9.17) is 19.7 Å². The van der Waals surface area contributed by atoms with Gasteiger partial charge in [-0.1, -0.05) is 12.8 Å².